The summed E-state index contributed by atoms with van der Waals surface area (Å²) in [6.45, 7) is 4.24. The Kier molecular flexibility index (Phi) is 7.77. The first kappa shape index (κ1) is 15.6. The molecule has 0 fully saturated rings. The van der Waals surface area contributed by atoms with E-state index in [0.717, 1.165) is 6.42 Å². The van der Waals surface area contributed by atoms with Gasteiger partial charge in [-0.2, -0.15) is 0 Å². The van der Waals surface area contributed by atoms with Gasteiger partial charge in [0.1, 0.15) is 11.4 Å². The summed E-state index contributed by atoms with van der Waals surface area (Å²) in [5.41, 5.74) is 0.484. The van der Waals surface area contributed by atoms with Crippen LogP contribution in [0.25, 0.3) is 0 Å². The zero-order valence-corrected chi connectivity index (χ0v) is 11.6. The van der Waals surface area contributed by atoms with Gasteiger partial charge in [0.25, 0.3) is 0 Å². The van der Waals surface area contributed by atoms with Crippen LogP contribution in [-0.4, -0.2) is 44.3 Å². The summed E-state index contributed by atoms with van der Waals surface area (Å²) in [5.74, 6) is 0.711. The van der Waals surface area contributed by atoms with E-state index in [0.29, 0.717) is 44.3 Å². The van der Waals surface area contributed by atoms with Crippen LogP contribution >= 0.6 is 0 Å². The lowest BCUT2D eigenvalue weighted by molar-refractivity contribution is 0.0644. The molecule has 1 heterocycles. The molecule has 0 aliphatic rings. The highest BCUT2D eigenvalue weighted by Crippen LogP contribution is 2.10. The van der Waals surface area contributed by atoms with Crippen molar-refractivity contribution in [3.8, 4) is 5.75 Å². The Bertz CT molecular complexity index is 364. The van der Waals surface area contributed by atoms with Crippen molar-refractivity contribution in [1.82, 2.24) is 4.98 Å². The van der Waals surface area contributed by atoms with E-state index in [2.05, 4.69) is 4.98 Å². The molecule has 0 aliphatic carbocycles. The second-order valence-corrected chi connectivity index (χ2v) is 3.96. The Labute approximate surface area is 113 Å². The lowest BCUT2D eigenvalue weighted by Crippen LogP contribution is -2.07. The van der Waals surface area contributed by atoms with Crippen molar-refractivity contribution >= 4 is 5.78 Å². The summed E-state index contributed by atoms with van der Waals surface area (Å²) in [5, 5.41) is 0. The van der Waals surface area contributed by atoms with Gasteiger partial charge < -0.3 is 14.2 Å². The molecule has 0 unspecified atom stereocenters. The van der Waals surface area contributed by atoms with Crippen molar-refractivity contribution in [3.05, 3.63) is 24.0 Å². The first-order valence-corrected chi connectivity index (χ1v) is 6.46. The van der Waals surface area contributed by atoms with Crippen molar-refractivity contribution in [3.63, 3.8) is 0 Å². The van der Waals surface area contributed by atoms with Crippen LogP contribution in [-0.2, 0) is 9.47 Å². The van der Waals surface area contributed by atoms with Crippen LogP contribution in [0.2, 0.25) is 0 Å². The number of pyridine rings is 1. The predicted molar refractivity (Wildman–Crippen MR) is 71.7 cm³/mol. The first-order valence-electron chi connectivity index (χ1n) is 6.46. The fourth-order valence-corrected chi connectivity index (χ4v) is 1.41. The molecule has 0 aliphatic heterocycles. The third-order valence-corrected chi connectivity index (χ3v) is 2.48. The normalized spacial score (nSPS) is 10.4. The fraction of sp³-hybridized carbons (Fsp3) is 0.571. The van der Waals surface area contributed by atoms with E-state index in [-0.39, 0.29) is 5.78 Å². The highest BCUT2D eigenvalue weighted by molar-refractivity contribution is 5.93. The maximum Gasteiger partial charge on any atom is 0.180 e. The Morgan fingerprint density at radius 1 is 1.21 bits per heavy atom. The molecular formula is C14H21NO4. The second-order valence-electron chi connectivity index (χ2n) is 3.96. The summed E-state index contributed by atoms with van der Waals surface area (Å²) in [6, 6.07) is 3.46. The van der Waals surface area contributed by atoms with Gasteiger partial charge in [-0.25, -0.2) is 4.98 Å². The van der Waals surface area contributed by atoms with Crippen molar-refractivity contribution in [2.75, 3.05) is 33.5 Å². The van der Waals surface area contributed by atoms with Crippen molar-refractivity contribution in [1.29, 1.82) is 0 Å². The van der Waals surface area contributed by atoms with E-state index in [1.54, 1.807) is 25.4 Å². The minimum absolute atomic E-state index is 0.0399. The van der Waals surface area contributed by atoms with Crippen molar-refractivity contribution < 1.29 is 19.0 Å². The molecule has 0 saturated carbocycles. The predicted octanol–water partition coefficient (Wildman–Crippen LogP) is 2.11. The SMILES string of the molecule is CCC(=O)c1ccc(OCCCOCCOC)cn1. The average Bonchev–Trinajstić information content (AvgIpc) is 2.46. The highest BCUT2D eigenvalue weighted by Gasteiger charge is 2.04. The molecule has 5 nitrogen and oxygen atoms in total. The molecule has 5 heteroatoms. The molecule has 1 rings (SSSR count). The molecule has 0 bridgehead atoms. The molecule has 0 spiro atoms. The van der Waals surface area contributed by atoms with E-state index in [1.165, 1.54) is 0 Å². The summed E-state index contributed by atoms with van der Waals surface area (Å²) in [6.07, 6.45) is 2.85. The number of methoxy groups -OCH3 is 1. The molecule has 1 aromatic heterocycles. The number of rotatable bonds is 10. The number of ketones is 1. The monoisotopic (exact) mass is 267 g/mol. The van der Waals surface area contributed by atoms with Gasteiger partial charge in [0.15, 0.2) is 5.78 Å². The van der Waals surface area contributed by atoms with Gasteiger partial charge in [0, 0.05) is 26.6 Å². The van der Waals surface area contributed by atoms with E-state index in [4.69, 9.17) is 14.2 Å². The number of hydrogen-bond acceptors (Lipinski definition) is 5. The maximum atomic E-state index is 11.4. The number of nitrogens with zero attached hydrogens (tertiary/aromatic N) is 1. The standard InChI is InChI=1S/C14H21NO4/c1-3-14(16)13-6-5-12(11-15-13)19-8-4-7-18-10-9-17-2/h5-6,11H,3-4,7-10H2,1-2H3. The minimum Gasteiger partial charge on any atom is -0.492 e. The van der Waals surface area contributed by atoms with Crippen molar-refractivity contribution in [2.24, 2.45) is 0 Å². The van der Waals surface area contributed by atoms with Crippen LogP contribution in [0.4, 0.5) is 0 Å². The molecule has 0 N–H and O–H groups in total. The van der Waals surface area contributed by atoms with E-state index in [1.807, 2.05) is 6.92 Å². The zero-order valence-electron chi connectivity index (χ0n) is 11.6. The van der Waals surface area contributed by atoms with E-state index in [9.17, 15) is 4.79 Å². The topological polar surface area (TPSA) is 57.7 Å². The molecule has 106 valence electrons. The summed E-state index contributed by atoms with van der Waals surface area (Å²) >= 11 is 0. The molecule has 0 aromatic carbocycles. The number of aromatic nitrogens is 1. The summed E-state index contributed by atoms with van der Waals surface area (Å²) in [7, 11) is 1.65. The van der Waals surface area contributed by atoms with Crippen molar-refractivity contribution in [2.45, 2.75) is 19.8 Å². The number of hydrogen-bond donors (Lipinski definition) is 0. The average molecular weight is 267 g/mol. The number of ether oxygens (including phenoxy) is 3. The molecule has 0 amide bonds. The maximum absolute atomic E-state index is 11.4. The molecule has 0 radical (unpaired) electrons. The van der Waals surface area contributed by atoms with Gasteiger partial charge >= 0.3 is 0 Å². The van der Waals surface area contributed by atoms with Crippen LogP contribution in [0.5, 0.6) is 5.75 Å². The number of carbonyl (C=O) groups is 1. The molecule has 1 aromatic rings. The van der Waals surface area contributed by atoms with Crippen LogP contribution < -0.4 is 4.74 Å². The Hall–Kier alpha value is -1.46. The molecule has 0 saturated heterocycles. The quantitative estimate of drug-likeness (QED) is 0.480. The van der Waals surface area contributed by atoms with Gasteiger partial charge in [-0.3, -0.25) is 4.79 Å². The second kappa shape index (κ2) is 9.47. The Morgan fingerprint density at radius 2 is 2.05 bits per heavy atom. The minimum atomic E-state index is 0.0399. The Balaban J connectivity index is 2.18. The van der Waals surface area contributed by atoms with E-state index < -0.39 is 0 Å². The largest absolute Gasteiger partial charge is 0.492 e. The highest BCUT2D eigenvalue weighted by atomic mass is 16.5. The van der Waals surface area contributed by atoms with Crippen LogP contribution in [0, 0.1) is 0 Å². The lowest BCUT2D eigenvalue weighted by atomic mass is 10.2. The number of Topliss-reactive ketones (excluding diaryl/α,β-unsaturated/α-hetero) is 1. The smallest absolute Gasteiger partial charge is 0.180 e. The fourth-order valence-electron chi connectivity index (χ4n) is 1.41. The van der Waals surface area contributed by atoms with Gasteiger partial charge in [0.05, 0.1) is 26.0 Å². The van der Waals surface area contributed by atoms with Gasteiger partial charge in [-0.15, -0.1) is 0 Å². The van der Waals surface area contributed by atoms with Gasteiger partial charge in [0.2, 0.25) is 0 Å². The van der Waals surface area contributed by atoms with Gasteiger partial charge in [-0.1, -0.05) is 6.92 Å². The molecular weight excluding hydrogens is 246 g/mol. The van der Waals surface area contributed by atoms with Crippen LogP contribution in [0.15, 0.2) is 18.3 Å². The Morgan fingerprint density at radius 3 is 2.68 bits per heavy atom. The summed E-state index contributed by atoms with van der Waals surface area (Å²) < 4.78 is 15.7. The molecule has 19 heavy (non-hydrogen) atoms. The summed E-state index contributed by atoms with van der Waals surface area (Å²) in [4.78, 5) is 15.4. The third kappa shape index (κ3) is 6.31. The lowest BCUT2D eigenvalue weighted by Gasteiger charge is -2.07. The van der Waals surface area contributed by atoms with Crippen LogP contribution in [0.3, 0.4) is 0 Å². The first-order chi connectivity index (χ1) is 9.27. The van der Waals surface area contributed by atoms with E-state index >= 15 is 0 Å². The number of carbonyl (C=O) groups excluding carboxylic acids is 1. The molecule has 0 atom stereocenters. The van der Waals surface area contributed by atoms with Crippen LogP contribution in [0.1, 0.15) is 30.3 Å². The zero-order chi connectivity index (χ0) is 13.9. The third-order valence-electron chi connectivity index (χ3n) is 2.48. The van der Waals surface area contributed by atoms with Gasteiger partial charge in [-0.05, 0) is 12.1 Å².